The van der Waals surface area contributed by atoms with Crippen LogP contribution in [0, 0.1) is 10.1 Å². The molecule has 0 aliphatic carbocycles. The standard InChI is InChI=1S/C22H21N7O12/c30-14(10-23-12-2-3-13(29(37)38)22-21(12)25-41-26-22)24-11(9-20(36)40-28-17(33)6-7-18(28)34)1-8-19(35)39-27-15(31)4-5-16(27)32/h2-3,11,23H,1,4-10H2,(H,24,30). The van der Waals surface area contributed by atoms with Gasteiger partial charge in [0, 0.05) is 44.2 Å². The number of benzene rings is 1. The molecule has 0 bridgehead atoms. The summed E-state index contributed by atoms with van der Waals surface area (Å²) in [5.74, 6) is -5.57. The smallest absolute Gasteiger partial charge is 0.335 e. The quantitative estimate of drug-likeness (QED) is 0.182. The summed E-state index contributed by atoms with van der Waals surface area (Å²) >= 11 is 0. The van der Waals surface area contributed by atoms with Crippen molar-refractivity contribution >= 4 is 63.9 Å². The van der Waals surface area contributed by atoms with Crippen LogP contribution in [0.5, 0.6) is 0 Å². The first-order valence-corrected chi connectivity index (χ1v) is 12.1. The molecule has 3 heterocycles. The fraction of sp³-hybridized carbons (Fsp3) is 0.409. The molecule has 19 heteroatoms. The second-order valence-corrected chi connectivity index (χ2v) is 8.80. The molecule has 1 aromatic heterocycles. The third kappa shape index (κ3) is 6.75. The summed E-state index contributed by atoms with van der Waals surface area (Å²) in [5.41, 5.74) is -0.358. The van der Waals surface area contributed by atoms with Gasteiger partial charge in [-0.1, -0.05) is 0 Å². The molecule has 2 aliphatic heterocycles. The lowest BCUT2D eigenvalue weighted by atomic mass is 10.1. The van der Waals surface area contributed by atoms with Gasteiger partial charge < -0.3 is 20.3 Å². The highest BCUT2D eigenvalue weighted by Crippen LogP contribution is 2.28. The van der Waals surface area contributed by atoms with Crippen LogP contribution in [0.1, 0.15) is 44.9 Å². The molecule has 1 atom stereocenters. The number of aromatic nitrogens is 2. The van der Waals surface area contributed by atoms with Crippen LogP contribution in [0.25, 0.3) is 11.0 Å². The Morgan fingerprint density at radius 2 is 1.49 bits per heavy atom. The summed E-state index contributed by atoms with van der Waals surface area (Å²) in [4.78, 5) is 104. The second kappa shape index (κ2) is 12.1. The molecule has 2 N–H and O–H groups in total. The van der Waals surface area contributed by atoms with E-state index in [2.05, 4.69) is 25.6 Å². The molecular weight excluding hydrogens is 554 g/mol. The minimum absolute atomic E-state index is 0.0131. The molecule has 2 saturated heterocycles. The second-order valence-electron chi connectivity index (χ2n) is 8.80. The summed E-state index contributed by atoms with van der Waals surface area (Å²) < 4.78 is 4.56. The summed E-state index contributed by atoms with van der Waals surface area (Å²) in [7, 11) is 0. The minimum Gasteiger partial charge on any atom is -0.374 e. The maximum Gasteiger partial charge on any atom is 0.335 e. The van der Waals surface area contributed by atoms with Crippen molar-refractivity contribution in [1.29, 1.82) is 0 Å². The third-order valence-corrected chi connectivity index (χ3v) is 5.90. The van der Waals surface area contributed by atoms with Gasteiger partial charge >= 0.3 is 17.6 Å². The Labute approximate surface area is 228 Å². The van der Waals surface area contributed by atoms with E-state index in [0.29, 0.717) is 10.1 Å². The predicted octanol–water partition coefficient (Wildman–Crippen LogP) is -0.588. The number of anilines is 1. The average molecular weight is 575 g/mol. The van der Waals surface area contributed by atoms with Crippen molar-refractivity contribution in [3.63, 3.8) is 0 Å². The SMILES string of the molecule is O=C(CNc1ccc([N+](=O)[O-])c2nonc12)NC(CCC(=O)ON1C(=O)CCC1=O)CC(=O)ON1C(=O)CCC1=O. The Kier molecular flexibility index (Phi) is 8.44. The highest BCUT2D eigenvalue weighted by atomic mass is 16.7. The van der Waals surface area contributed by atoms with E-state index in [-0.39, 0.29) is 54.5 Å². The van der Waals surface area contributed by atoms with Crippen molar-refractivity contribution in [3.8, 4) is 0 Å². The van der Waals surface area contributed by atoms with Crippen LogP contribution in [0.4, 0.5) is 11.4 Å². The molecule has 2 aliphatic rings. The number of carbonyl (C=O) groups is 7. The molecule has 2 fully saturated rings. The molecule has 19 nitrogen and oxygen atoms in total. The van der Waals surface area contributed by atoms with Gasteiger partial charge in [0.15, 0.2) is 5.52 Å². The number of hydrogen-bond donors (Lipinski definition) is 2. The minimum atomic E-state index is -1.09. The number of nitrogens with one attached hydrogen (secondary N) is 2. The Balaban J connectivity index is 1.38. The van der Waals surface area contributed by atoms with Crippen LogP contribution in [0.3, 0.4) is 0 Å². The first-order valence-electron chi connectivity index (χ1n) is 12.1. The number of rotatable bonds is 12. The van der Waals surface area contributed by atoms with E-state index >= 15 is 0 Å². The predicted molar refractivity (Wildman–Crippen MR) is 127 cm³/mol. The zero-order chi connectivity index (χ0) is 29.7. The van der Waals surface area contributed by atoms with Gasteiger partial charge in [-0.2, -0.15) is 0 Å². The van der Waals surface area contributed by atoms with E-state index in [0.717, 1.165) is 6.07 Å². The van der Waals surface area contributed by atoms with Gasteiger partial charge in [-0.05, 0) is 22.8 Å². The van der Waals surface area contributed by atoms with Crippen molar-refractivity contribution in [2.75, 3.05) is 11.9 Å². The molecule has 0 radical (unpaired) electrons. The molecular formula is C22H21N7O12. The molecule has 0 spiro atoms. The number of hydroxylamine groups is 4. The van der Waals surface area contributed by atoms with Crippen molar-refractivity contribution < 1.29 is 52.8 Å². The largest absolute Gasteiger partial charge is 0.374 e. The maximum absolute atomic E-state index is 12.7. The fourth-order valence-electron chi connectivity index (χ4n) is 3.92. The third-order valence-electron chi connectivity index (χ3n) is 5.90. The van der Waals surface area contributed by atoms with E-state index in [1.165, 1.54) is 6.07 Å². The molecule has 1 unspecified atom stereocenters. The van der Waals surface area contributed by atoms with Crippen LogP contribution in [0.2, 0.25) is 0 Å². The number of hydrogen-bond acceptors (Lipinski definition) is 15. The molecule has 41 heavy (non-hydrogen) atoms. The number of nitro benzene ring substituents is 1. The van der Waals surface area contributed by atoms with Gasteiger partial charge in [0.2, 0.25) is 11.4 Å². The molecule has 4 rings (SSSR count). The van der Waals surface area contributed by atoms with E-state index in [4.69, 9.17) is 9.68 Å². The summed E-state index contributed by atoms with van der Waals surface area (Å²) in [6.45, 7) is -0.435. The van der Waals surface area contributed by atoms with Crippen molar-refractivity contribution in [2.45, 2.75) is 51.0 Å². The van der Waals surface area contributed by atoms with Crippen molar-refractivity contribution in [1.82, 2.24) is 25.8 Å². The summed E-state index contributed by atoms with van der Waals surface area (Å²) in [6, 6.07) is 1.33. The summed E-state index contributed by atoms with van der Waals surface area (Å²) in [6.07, 6.45) is -1.73. The molecule has 1 aromatic carbocycles. The van der Waals surface area contributed by atoms with Gasteiger partial charge in [0.25, 0.3) is 23.6 Å². The van der Waals surface area contributed by atoms with Gasteiger partial charge in [-0.3, -0.25) is 34.1 Å². The first-order chi connectivity index (χ1) is 19.5. The zero-order valence-corrected chi connectivity index (χ0v) is 21.0. The van der Waals surface area contributed by atoms with Crippen molar-refractivity contribution in [2.24, 2.45) is 0 Å². The number of non-ortho nitro benzene ring substituents is 1. The van der Waals surface area contributed by atoms with E-state index < -0.39 is 71.8 Å². The summed E-state index contributed by atoms with van der Waals surface area (Å²) in [5, 5.41) is 24.1. The molecule has 2 aromatic rings. The maximum atomic E-state index is 12.7. The molecule has 5 amide bonds. The Morgan fingerprint density at radius 3 is 2.07 bits per heavy atom. The zero-order valence-electron chi connectivity index (χ0n) is 21.0. The lowest BCUT2D eigenvalue weighted by Crippen LogP contribution is -2.42. The van der Waals surface area contributed by atoms with Crippen LogP contribution in [-0.2, 0) is 43.2 Å². The van der Waals surface area contributed by atoms with Gasteiger partial charge in [-0.15, -0.1) is 10.1 Å². The highest BCUT2D eigenvalue weighted by Gasteiger charge is 2.35. The normalized spacial score (nSPS) is 15.8. The number of fused-ring (bicyclic) bond motifs is 1. The number of nitro groups is 1. The monoisotopic (exact) mass is 575 g/mol. The van der Waals surface area contributed by atoms with Crippen LogP contribution in [-0.4, -0.2) is 79.4 Å². The lowest BCUT2D eigenvalue weighted by Gasteiger charge is -2.20. The van der Waals surface area contributed by atoms with E-state index in [9.17, 15) is 43.7 Å². The van der Waals surface area contributed by atoms with Gasteiger partial charge in [0.05, 0.1) is 23.6 Å². The lowest BCUT2D eigenvalue weighted by molar-refractivity contribution is -0.383. The van der Waals surface area contributed by atoms with Crippen LogP contribution in [0.15, 0.2) is 16.8 Å². The van der Waals surface area contributed by atoms with Crippen molar-refractivity contribution in [3.05, 3.63) is 22.2 Å². The van der Waals surface area contributed by atoms with Gasteiger partial charge in [-0.25, -0.2) is 14.2 Å². The average Bonchev–Trinajstić information content (AvgIpc) is 3.62. The topological polar surface area (TPSA) is 251 Å². The Hall–Kier alpha value is -5.49. The number of nitrogens with zero attached hydrogens (tertiary/aromatic N) is 5. The van der Waals surface area contributed by atoms with E-state index in [1.54, 1.807) is 0 Å². The van der Waals surface area contributed by atoms with Crippen LogP contribution >= 0.6 is 0 Å². The first kappa shape index (κ1) is 28.5. The Morgan fingerprint density at radius 1 is 0.927 bits per heavy atom. The highest BCUT2D eigenvalue weighted by molar-refractivity contribution is 6.02. The number of amides is 5. The van der Waals surface area contributed by atoms with Crippen LogP contribution < -0.4 is 10.6 Å². The number of imide groups is 2. The fourth-order valence-corrected chi connectivity index (χ4v) is 3.92. The number of carbonyl (C=O) groups excluding carboxylic acids is 7. The van der Waals surface area contributed by atoms with Gasteiger partial charge in [0.1, 0.15) is 0 Å². The molecule has 0 saturated carbocycles. The van der Waals surface area contributed by atoms with E-state index in [1.807, 2.05) is 0 Å². The molecule has 216 valence electrons. The Bertz CT molecular complexity index is 1420.